The number of ether oxygens (including phenoxy) is 1. The number of esters is 1. The largest absolute Gasteiger partial charge is 0.468 e. The second-order valence-electron chi connectivity index (χ2n) is 3.95. The number of aromatic nitrogens is 3. The Kier molecular flexibility index (Phi) is 3.02. The molecular formula is C10H15N3O2. The molecule has 1 aromatic rings. The highest BCUT2D eigenvalue weighted by Gasteiger charge is 2.35. The van der Waals surface area contributed by atoms with E-state index in [2.05, 4.69) is 15.4 Å². The minimum atomic E-state index is -0.744. The highest BCUT2D eigenvalue weighted by atomic mass is 16.5. The average Bonchev–Trinajstić information content (AvgIpc) is 2.15. The van der Waals surface area contributed by atoms with E-state index in [1.54, 1.807) is 13.8 Å². The molecule has 0 N–H and O–H groups in total. The smallest absolute Gasteiger partial charge is 0.315 e. The van der Waals surface area contributed by atoms with Crippen molar-refractivity contribution in [2.75, 3.05) is 7.11 Å². The maximum absolute atomic E-state index is 11.6. The fourth-order valence-electron chi connectivity index (χ4n) is 1.78. The molecule has 0 aliphatic carbocycles. The van der Waals surface area contributed by atoms with Gasteiger partial charge in [0.2, 0.25) is 0 Å². The summed E-state index contributed by atoms with van der Waals surface area (Å²) in [5, 5.41) is 11.3. The molecule has 0 fully saturated rings. The Morgan fingerprint density at radius 2 is 1.67 bits per heavy atom. The SMILES string of the molecule is COC(=O)C(C)(C)c1c(C)nnnc1C. The van der Waals surface area contributed by atoms with Gasteiger partial charge in [-0.15, -0.1) is 10.2 Å². The minimum absolute atomic E-state index is 0.302. The molecule has 1 heterocycles. The second kappa shape index (κ2) is 3.92. The van der Waals surface area contributed by atoms with Gasteiger partial charge < -0.3 is 4.74 Å². The first-order valence-corrected chi connectivity index (χ1v) is 4.66. The summed E-state index contributed by atoms with van der Waals surface area (Å²) in [7, 11) is 1.37. The molecule has 0 amide bonds. The molecule has 0 unspecified atom stereocenters. The van der Waals surface area contributed by atoms with Crippen molar-refractivity contribution in [1.29, 1.82) is 0 Å². The summed E-state index contributed by atoms with van der Waals surface area (Å²) in [6.45, 7) is 7.19. The number of rotatable bonds is 2. The van der Waals surface area contributed by atoms with Gasteiger partial charge in [-0.1, -0.05) is 0 Å². The highest BCUT2D eigenvalue weighted by Crippen LogP contribution is 2.27. The number of aryl methyl sites for hydroxylation is 2. The molecule has 0 radical (unpaired) electrons. The van der Waals surface area contributed by atoms with Crippen LogP contribution in [0.25, 0.3) is 0 Å². The van der Waals surface area contributed by atoms with E-state index >= 15 is 0 Å². The van der Waals surface area contributed by atoms with Crippen LogP contribution in [-0.2, 0) is 14.9 Å². The molecule has 0 saturated carbocycles. The van der Waals surface area contributed by atoms with Crippen LogP contribution in [0.5, 0.6) is 0 Å². The maximum atomic E-state index is 11.6. The van der Waals surface area contributed by atoms with E-state index in [1.165, 1.54) is 7.11 Å². The molecule has 5 heteroatoms. The molecular weight excluding hydrogens is 194 g/mol. The van der Waals surface area contributed by atoms with Crippen LogP contribution in [0.3, 0.4) is 0 Å². The lowest BCUT2D eigenvalue weighted by molar-refractivity contribution is -0.146. The Morgan fingerprint density at radius 1 is 1.20 bits per heavy atom. The van der Waals surface area contributed by atoms with Gasteiger partial charge in [-0.25, -0.2) is 0 Å². The fourth-order valence-corrected chi connectivity index (χ4v) is 1.78. The molecule has 0 atom stereocenters. The van der Waals surface area contributed by atoms with Crippen LogP contribution in [0.2, 0.25) is 0 Å². The normalized spacial score (nSPS) is 11.3. The number of hydrogen-bond acceptors (Lipinski definition) is 5. The molecule has 5 nitrogen and oxygen atoms in total. The van der Waals surface area contributed by atoms with Gasteiger partial charge in [0.15, 0.2) is 0 Å². The fraction of sp³-hybridized carbons (Fsp3) is 0.600. The summed E-state index contributed by atoms with van der Waals surface area (Å²) in [5.74, 6) is -0.302. The van der Waals surface area contributed by atoms with Gasteiger partial charge in [-0.05, 0) is 32.9 Å². The van der Waals surface area contributed by atoms with Crippen LogP contribution in [0.15, 0.2) is 0 Å². The lowest BCUT2D eigenvalue weighted by Gasteiger charge is -2.23. The number of carbonyl (C=O) groups excluding carboxylic acids is 1. The first-order chi connectivity index (χ1) is 6.91. The van der Waals surface area contributed by atoms with Crippen molar-refractivity contribution >= 4 is 5.97 Å². The van der Waals surface area contributed by atoms with E-state index in [-0.39, 0.29) is 5.97 Å². The predicted octanol–water partition coefficient (Wildman–Crippen LogP) is 0.939. The lowest BCUT2D eigenvalue weighted by atomic mass is 9.83. The predicted molar refractivity (Wildman–Crippen MR) is 54.3 cm³/mol. The molecule has 0 saturated heterocycles. The van der Waals surface area contributed by atoms with Gasteiger partial charge in [0, 0.05) is 5.56 Å². The van der Waals surface area contributed by atoms with Crippen molar-refractivity contribution in [2.24, 2.45) is 0 Å². The summed E-state index contributed by atoms with van der Waals surface area (Å²) in [6, 6.07) is 0. The van der Waals surface area contributed by atoms with Gasteiger partial charge in [0.1, 0.15) is 0 Å². The number of methoxy groups -OCH3 is 1. The van der Waals surface area contributed by atoms with Crippen molar-refractivity contribution in [3.05, 3.63) is 17.0 Å². The van der Waals surface area contributed by atoms with E-state index < -0.39 is 5.41 Å². The van der Waals surface area contributed by atoms with E-state index in [0.717, 1.165) is 5.56 Å². The standard InChI is InChI=1S/C10H15N3O2/c1-6-8(7(2)12-13-11-6)10(3,4)9(14)15-5/h1-5H3. The van der Waals surface area contributed by atoms with E-state index in [4.69, 9.17) is 4.74 Å². The maximum Gasteiger partial charge on any atom is 0.315 e. The summed E-state index contributed by atoms with van der Waals surface area (Å²) in [5.41, 5.74) is 1.45. The first kappa shape index (κ1) is 11.6. The van der Waals surface area contributed by atoms with Crippen LogP contribution < -0.4 is 0 Å². The monoisotopic (exact) mass is 209 g/mol. The third-order valence-corrected chi connectivity index (χ3v) is 2.43. The molecule has 0 spiro atoms. The molecule has 15 heavy (non-hydrogen) atoms. The average molecular weight is 209 g/mol. The summed E-state index contributed by atoms with van der Waals surface area (Å²) in [6.07, 6.45) is 0. The molecule has 0 aliphatic heterocycles. The summed E-state index contributed by atoms with van der Waals surface area (Å²) >= 11 is 0. The number of carbonyl (C=O) groups is 1. The zero-order valence-corrected chi connectivity index (χ0v) is 9.66. The van der Waals surface area contributed by atoms with E-state index in [9.17, 15) is 4.79 Å². The molecule has 1 aromatic heterocycles. The Labute approximate surface area is 88.9 Å². The van der Waals surface area contributed by atoms with Crippen molar-refractivity contribution < 1.29 is 9.53 Å². The minimum Gasteiger partial charge on any atom is -0.468 e. The van der Waals surface area contributed by atoms with Crippen LogP contribution >= 0.6 is 0 Å². The number of hydrogen-bond donors (Lipinski definition) is 0. The molecule has 0 aliphatic rings. The van der Waals surface area contributed by atoms with Crippen molar-refractivity contribution in [3.8, 4) is 0 Å². The molecule has 0 bridgehead atoms. The lowest BCUT2D eigenvalue weighted by Crippen LogP contribution is -2.32. The Bertz CT molecular complexity index is 368. The molecule has 1 rings (SSSR count). The van der Waals surface area contributed by atoms with Crippen LogP contribution in [0, 0.1) is 13.8 Å². The third kappa shape index (κ3) is 1.95. The second-order valence-corrected chi connectivity index (χ2v) is 3.95. The van der Waals surface area contributed by atoms with Gasteiger partial charge in [0.25, 0.3) is 0 Å². The zero-order valence-electron chi connectivity index (χ0n) is 9.66. The topological polar surface area (TPSA) is 65.0 Å². The van der Waals surface area contributed by atoms with Crippen LogP contribution in [0.4, 0.5) is 0 Å². The van der Waals surface area contributed by atoms with E-state index in [1.807, 2.05) is 13.8 Å². The first-order valence-electron chi connectivity index (χ1n) is 4.66. The Morgan fingerprint density at radius 3 is 2.07 bits per heavy atom. The summed E-state index contributed by atoms with van der Waals surface area (Å²) < 4.78 is 4.76. The molecule has 0 aromatic carbocycles. The van der Waals surface area contributed by atoms with Crippen molar-refractivity contribution in [3.63, 3.8) is 0 Å². The van der Waals surface area contributed by atoms with Gasteiger partial charge >= 0.3 is 5.97 Å². The Balaban J connectivity index is 3.32. The highest BCUT2D eigenvalue weighted by molar-refractivity contribution is 5.82. The van der Waals surface area contributed by atoms with E-state index in [0.29, 0.717) is 11.4 Å². The quantitative estimate of drug-likeness (QED) is 0.678. The summed E-state index contributed by atoms with van der Waals surface area (Å²) in [4.78, 5) is 11.6. The number of nitrogens with zero attached hydrogens (tertiary/aromatic N) is 3. The van der Waals surface area contributed by atoms with Crippen LogP contribution in [-0.4, -0.2) is 28.5 Å². The van der Waals surface area contributed by atoms with Crippen molar-refractivity contribution in [2.45, 2.75) is 33.1 Å². The van der Waals surface area contributed by atoms with Gasteiger partial charge in [0.05, 0.1) is 23.9 Å². The zero-order chi connectivity index (χ0) is 11.6. The third-order valence-electron chi connectivity index (χ3n) is 2.43. The van der Waals surface area contributed by atoms with Gasteiger partial charge in [-0.2, -0.15) is 0 Å². The van der Waals surface area contributed by atoms with Crippen LogP contribution in [0.1, 0.15) is 30.8 Å². The van der Waals surface area contributed by atoms with Gasteiger partial charge in [-0.3, -0.25) is 4.79 Å². The van der Waals surface area contributed by atoms with Crippen molar-refractivity contribution in [1.82, 2.24) is 15.4 Å². The molecule has 82 valence electrons. The Hall–Kier alpha value is -1.52.